The van der Waals surface area contributed by atoms with E-state index >= 15 is 0 Å². The lowest BCUT2D eigenvalue weighted by Crippen LogP contribution is -2.59. The van der Waals surface area contributed by atoms with Gasteiger partial charge in [-0.15, -0.1) is 0 Å². The molecule has 3 atom stereocenters. The molecule has 0 aromatic heterocycles. The Morgan fingerprint density at radius 1 is 1.08 bits per heavy atom. The number of benzene rings is 1. The van der Waals surface area contributed by atoms with Gasteiger partial charge in [0, 0.05) is 15.9 Å². The van der Waals surface area contributed by atoms with Gasteiger partial charge in [-0.05, 0) is 49.2 Å². The summed E-state index contributed by atoms with van der Waals surface area (Å²) in [5.74, 6) is -0.547. The molecule has 10 heteroatoms. The number of amides is 2. The molecule has 0 saturated carbocycles. The van der Waals surface area contributed by atoms with E-state index in [9.17, 15) is 23.1 Å². The van der Waals surface area contributed by atoms with E-state index in [0.717, 1.165) is 37.8 Å². The molecular weight excluding hydrogens is 492 g/mol. The topological polar surface area (TPSA) is 119 Å². The molecule has 3 N–H and O–H groups in total. The number of hydrogen-bond acceptors (Lipinski definition) is 6. The molecule has 0 bridgehead atoms. The number of aliphatic hydroxyl groups excluding tert-OH is 1. The molecule has 1 fully saturated rings. The summed E-state index contributed by atoms with van der Waals surface area (Å²) < 4.78 is 26.0. The van der Waals surface area contributed by atoms with Gasteiger partial charge in [-0.1, -0.05) is 65.0 Å². The van der Waals surface area contributed by atoms with Crippen molar-refractivity contribution in [1.29, 1.82) is 0 Å². The third-order valence-corrected chi connectivity index (χ3v) is 7.75. The number of likely N-dealkylation sites (tertiary alicyclic amines) is 1. The number of carbonyl (C=O) groups excluding carboxylic acids is 2. The van der Waals surface area contributed by atoms with Crippen LogP contribution < -0.4 is 10.6 Å². The normalized spacial score (nSPS) is 17.5. The second-order valence-corrected chi connectivity index (χ2v) is 13.7. The molecule has 0 spiro atoms. The molecule has 214 valence electrons. The molecule has 1 aliphatic rings. The lowest BCUT2D eigenvalue weighted by atomic mass is 9.85. The van der Waals surface area contributed by atoms with Gasteiger partial charge in [0.05, 0.1) is 24.9 Å². The first-order valence-corrected chi connectivity index (χ1v) is 15.0. The molecule has 9 nitrogen and oxygen atoms in total. The van der Waals surface area contributed by atoms with Crippen LogP contribution >= 0.6 is 0 Å². The van der Waals surface area contributed by atoms with Crippen LogP contribution in [0.2, 0.25) is 0 Å². The first kappa shape index (κ1) is 31.2. The van der Waals surface area contributed by atoms with E-state index < -0.39 is 39.5 Å². The largest absolute Gasteiger partial charge is 0.390 e. The Hall–Kier alpha value is -2.01. The average Bonchev–Trinajstić information content (AvgIpc) is 3.28. The first-order chi connectivity index (χ1) is 17.2. The highest BCUT2D eigenvalue weighted by molar-refractivity contribution is 7.88. The van der Waals surface area contributed by atoms with E-state index in [1.807, 2.05) is 65.0 Å². The second kappa shape index (κ2) is 13.7. The van der Waals surface area contributed by atoms with Gasteiger partial charge in [-0.25, -0.2) is 8.42 Å². The number of nitrogens with zero attached hydrogens (tertiary/aromatic N) is 2. The number of sulfonamides is 1. The van der Waals surface area contributed by atoms with Crippen LogP contribution in [0.3, 0.4) is 0 Å². The van der Waals surface area contributed by atoms with Gasteiger partial charge in [-0.3, -0.25) is 14.5 Å². The zero-order valence-electron chi connectivity index (χ0n) is 23.2. The van der Waals surface area contributed by atoms with Crippen molar-refractivity contribution in [1.82, 2.24) is 19.8 Å². The predicted octanol–water partition coefficient (Wildman–Crippen LogP) is 2.11. The summed E-state index contributed by atoms with van der Waals surface area (Å²) in [4.78, 5) is 28.4. The van der Waals surface area contributed by atoms with Crippen LogP contribution in [0.4, 0.5) is 0 Å². The SMILES string of the molecule is CC(C)CN(C[C@@H](O)[C@H](Cc1ccccc1)NC(=O)[C@@H](NC(=O)CN1CCCC1)C(C)(C)C)S(C)(=O)=O.[HH].[HH]. The minimum absolute atomic E-state index is 0. The maximum Gasteiger partial charge on any atom is 0.243 e. The Balaban J connectivity index is 0.00000722. The molecule has 2 amide bonds. The van der Waals surface area contributed by atoms with Crippen molar-refractivity contribution in [2.45, 2.75) is 72.1 Å². The van der Waals surface area contributed by atoms with Crippen molar-refractivity contribution in [3.63, 3.8) is 0 Å². The molecule has 1 aliphatic heterocycles. The lowest BCUT2D eigenvalue weighted by Gasteiger charge is -2.34. The Labute approximate surface area is 226 Å². The summed E-state index contributed by atoms with van der Waals surface area (Å²) in [7, 11) is -3.56. The van der Waals surface area contributed by atoms with E-state index in [1.165, 1.54) is 4.31 Å². The smallest absolute Gasteiger partial charge is 0.243 e. The highest BCUT2D eigenvalue weighted by Crippen LogP contribution is 2.21. The van der Waals surface area contributed by atoms with E-state index in [2.05, 4.69) is 15.5 Å². The summed E-state index contributed by atoms with van der Waals surface area (Å²) in [6, 6.07) is 7.84. The fourth-order valence-electron chi connectivity index (χ4n) is 4.53. The van der Waals surface area contributed by atoms with Crippen LogP contribution in [0.15, 0.2) is 30.3 Å². The van der Waals surface area contributed by atoms with Crippen LogP contribution in [0.5, 0.6) is 0 Å². The Morgan fingerprint density at radius 2 is 1.68 bits per heavy atom. The van der Waals surface area contributed by atoms with E-state index in [1.54, 1.807) is 0 Å². The number of nitrogens with one attached hydrogen (secondary N) is 2. The zero-order valence-corrected chi connectivity index (χ0v) is 24.1. The van der Waals surface area contributed by atoms with Crippen LogP contribution in [0.1, 0.15) is 55.9 Å². The molecule has 1 heterocycles. The monoisotopic (exact) mass is 542 g/mol. The minimum Gasteiger partial charge on any atom is -0.390 e. The quantitative estimate of drug-likeness (QED) is 0.351. The number of hydrogen-bond donors (Lipinski definition) is 3. The van der Waals surface area contributed by atoms with Crippen molar-refractivity contribution in [3.8, 4) is 0 Å². The van der Waals surface area contributed by atoms with Crippen LogP contribution in [-0.4, -0.2) is 91.7 Å². The molecule has 0 unspecified atom stereocenters. The van der Waals surface area contributed by atoms with E-state index in [-0.39, 0.29) is 34.3 Å². The highest BCUT2D eigenvalue weighted by atomic mass is 32.2. The van der Waals surface area contributed by atoms with E-state index in [4.69, 9.17) is 0 Å². The van der Waals surface area contributed by atoms with Gasteiger partial charge in [0.1, 0.15) is 6.04 Å². The summed E-state index contributed by atoms with van der Waals surface area (Å²) in [5.41, 5.74) is 0.315. The van der Waals surface area contributed by atoms with Crippen molar-refractivity contribution in [2.75, 3.05) is 39.0 Å². The standard InChI is InChI=1S/C27H46N4O5S.2H2/c1-20(2)17-31(37(6,35)36)18-23(32)22(16-21-12-8-7-9-13-21)28-26(34)25(27(3,4)5)29-24(33)19-30-14-10-11-15-30;;/h7-9,12-13,20,22-23,25,32H,10-11,14-19H2,1-6H3,(H,28,34)(H,29,33);2*1H/t22-,23+,25+;;/m0../s1. The third kappa shape index (κ3) is 10.7. The van der Waals surface area contributed by atoms with Gasteiger partial charge in [0.2, 0.25) is 21.8 Å². The predicted molar refractivity (Wildman–Crippen MR) is 151 cm³/mol. The van der Waals surface area contributed by atoms with Gasteiger partial charge < -0.3 is 15.7 Å². The maximum atomic E-state index is 13.5. The zero-order chi connectivity index (χ0) is 27.8. The van der Waals surface area contributed by atoms with Crippen LogP contribution in [-0.2, 0) is 26.0 Å². The molecule has 0 aliphatic carbocycles. The molecule has 1 aromatic rings. The average molecular weight is 543 g/mol. The maximum absolute atomic E-state index is 13.5. The van der Waals surface area contributed by atoms with Gasteiger partial charge in [-0.2, -0.15) is 4.31 Å². The lowest BCUT2D eigenvalue weighted by molar-refractivity contribution is -0.133. The fourth-order valence-corrected chi connectivity index (χ4v) is 5.52. The molecule has 2 rings (SSSR count). The Kier molecular flexibility index (Phi) is 11.5. The first-order valence-electron chi connectivity index (χ1n) is 13.2. The van der Waals surface area contributed by atoms with E-state index in [0.29, 0.717) is 6.42 Å². The highest BCUT2D eigenvalue weighted by Gasteiger charge is 2.36. The van der Waals surface area contributed by atoms with Crippen molar-refractivity contribution < 1.29 is 26.0 Å². The van der Waals surface area contributed by atoms with Crippen molar-refractivity contribution in [2.24, 2.45) is 11.3 Å². The summed E-state index contributed by atoms with van der Waals surface area (Å²) in [6.07, 6.45) is 2.41. The Bertz CT molecular complexity index is 984. The minimum atomic E-state index is -3.56. The van der Waals surface area contributed by atoms with Gasteiger partial charge >= 0.3 is 0 Å². The summed E-state index contributed by atoms with van der Waals surface area (Å²) >= 11 is 0. The molecule has 1 saturated heterocycles. The number of rotatable bonds is 13. The van der Waals surface area contributed by atoms with Crippen molar-refractivity contribution >= 4 is 21.8 Å². The summed E-state index contributed by atoms with van der Waals surface area (Å²) in [5, 5.41) is 17.1. The molecule has 1 aromatic carbocycles. The third-order valence-electron chi connectivity index (χ3n) is 6.52. The molecule has 0 radical (unpaired) electrons. The second-order valence-electron chi connectivity index (χ2n) is 11.7. The van der Waals surface area contributed by atoms with Crippen molar-refractivity contribution in [3.05, 3.63) is 35.9 Å². The van der Waals surface area contributed by atoms with Gasteiger partial charge in [0.25, 0.3) is 0 Å². The van der Waals surface area contributed by atoms with Gasteiger partial charge in [0.15, 0.2) is 0 Å². The Morgan fingerprint density at radius 3 is 2.19 bits per heavy atom. The van der Waals surface area contributed by atoms with Crippen LogP contribution in [0.25, 0.3) is 0 Å². The fraction of sp³-hybridized carbons (Fsp3) is 0.704. The molecule has 37 heavy (non-hydrogen) atoms. The van der Waals surface area contributed by atoms with Crippen LogP contribution in [0, 0.1) is 11.3 Å². The summed E-state index contributed by atoms with van der Waals surface area (Å²) in [6.45, 7) is 11.6. The number of carbonyl (C=O) groups is 2. The molecular formula is C27H50N4O5S. The number of aliphatic hydroxyl groups is 1.